The van der Waals surface area contributed by atoms with Crippen LogP contribution in [-0.2, 0) is 13.5 Å². The molecule has 0 aliphatic rings. The Morgan fingerprint density at radius 2 is 2.19 bits per heavy atom. The van der Waals surface area contributed by atoms with Crippen molar-refractivity contribution in [2.45, 2.75) is 6.42 Å². The van der Waals surface area contributed by atoms with Crippen LogP contribution in [-0.4, -0.2) is 34.6 Å². The molecule has 0 fully saturated rings. The van der Waals surface area contributed by atoms with Gasteiger partial charge in [0.05, 0.1) is 31.2 Å². The molecule has 2 aromatic rings. The lowest BCUT2D eigenvalue weighted by Gasteiger charge is -2.12. The molecule has 7 nitrogen and oxygen atoms in total. The van der Waals surface area contributed by atoms with Crippen molar-refractivity contribution in [3.8, 4) is 11.5 Å². The number of rotatable bonds is 6. The first kappa shape index (κ1) is 14.7. The molecule has 0 saturated heterocycles. The lowest BCUT2D eigenvalue weighted by molar-refractivity contribution is 0.0697. The maximum Gasteiger partial charge on any atom is 0.337 e. The number of aromatic nitrogens is 2. The predicted molar refractivity (Wildman–Crippen MR) is 76.8 cm³/mol. The van der Waals surface area contributed by atoms with Crippen molar-refractivity contribution in [2.24, 2.45) is 7.05 Å². The third kappa shape index (κ3) is 3.44. The van der Waals surface area contributed by atoms with Crippen LogP contribution in [0.15, 0.2) is 24.5 Å². The molecule has 0 aliphatic carbocycles. The van der Waals surface area contributed by atoms with Crippen molar-refractivity contribution in [3.63, 3.8) is 0 Å². The SMILES string of the molecule is COc1cc(N)c(C(=O)O)cc1OCCc1cnn(C)c1. The Hall–Kier alpha value is -2.70. The summed E-state index contributed by atoms with van der Waals surface area (Å²) >= 11 is 0. The van der Waals surface area contributed by atoms with Crippen LogP contribution in [0.4, 0.5) is 5.69 Å². The molecule has 1 aromatic carbocycles. The van der Waals surface area contributed by atoms with Crippen molar-refractivity contribution in [1.82, 2.24) is 9.78 Å². The summed E-state index contributed by atoms with van der Waals surface area (Å²) in [5.74, 6) is -0.344. The van der Waals surface area contributed by atoms with E-state index in [4.69, 9.17) is 20.3 Å². The molecule has 1 heterocycles. The number of hydrogen-bond donors (Lipinski definition) is 2. The third-order valence-corrected chi connectivity index (χ3v) is 2.97. The summed E-state index contributed by atoms with van der Waals surface area (Å²) in [6.45, 7) is 0.380. The standard InChI is InChI=1S/C14H17N3O4/c1-17-8-9(7-16-17)3-4-21-13-5-10(14(18)19)11(15)6-12(13)20-2/h5-8H,3-4,15H2,1-2H3,(H,18,19). The summed E-state index contributed by atoms with van der Waals surface area (Å²) in [4.78, 5) is 11.1. The molecule has 3 N–H and O–H groups in total. The summed E-state index contributed by atoms with van der Waals surface area (Å²) in [7, 11) is 3.32. The van der Waals surface area contributed by atoms with E-state index < -0.39 is 5.97 Å². The first-order valence-electron chi connectivity index (χ1n) is 6.32. The minimum atomic E-state index is -1.10. The minimum absolute atomic E-state index is 0.00724. The molecule has 0 aliphatic heterocycles. The zero-order valence-corrected chi connectivity index (χ0v) is 11.9. The molecule has 21 heavy (non-hydrogen) atoms. The topological polar surface area (TPSA) is 99.6 Å². The molecule has 0 saturated carbocycles. The lowest BCUT2D eigenvalue weighted by atomic mass is 10.1. The largest absolute Gasteiger partial charge is 0.493 e. The minimum Gasteiger partial charge on any atom is -0.493 e. The van der Waals surface area contributed by atoms with E-state index in [-0.39, 0.29) is 11.3 Å². The van der Waals surface area contributed by atoms with Gasteiger partial charge in [-0.1, -0.05) is 0 Å². The normalized spacial score (nSPS) is 10.4. The van der Waals surface area contributed by atoms with E-state index >= 15 is 0 Å². The molecule has 2 rings (SSSR count). The molecule has 1 aromatic heterocycles. The lowest BCUT2D eigenvalue weighted by Crippen LogP contribution is -2.07. The Labute approximate surface area is 121 Å². The smallest absolute Gasteiger partial charge is 0.337 e. The Bertz CT molecular complexity index is 652. The van der Waals surface area contributed by atoms with E-state index in [2.05, 4.69) is 5.10 Å². The Balaban J connectivity index is 2.10. The number of ether oxygens (including phenoxy) is 2. The van der Waals surface area contributed by atoms with Crippen LogP contribution < -0.4 is 15.2 Å². The second-order valence-corrected chi connectivity index (χ2v) is 4.52. The monoisotopic (exact) mass is 291 g/mol. The van der Waals surface area contributed by atoms with E-state index in [1.807, 2.05) is 13.2 Å². The Morgan fingerprint density at radius 1 is 1.43 bits per heavy atom. The number of nitrogens with two attached hydrogens (primary N) is 1. The number of anilines is 1. The van der Waals surface area contributed by atoms with Gasteiger partial charge in [0.25, 0.3) is 0 Å². The second kappa shape index (κ2) is 6.17. The molecule has 0 unspecified atom stereocenters. The van der Waals surface area contributed by atoms with Crippen LogP contribution >= 0.6 is 0 Å². The van der Waals surface area contributed by atoms with E-state index in [1.165, 1.54) is 19.2 Å². The van der Waals surface area contributed by atoms with Gasteiger partial charge < -0.3 is 20.3 Å². The number of aryl methyl sites for hydroxylation is 1. The fourth-order valence-electron chi connectivity index (χ4n) is 1.91. The van der Waals surface area contributed by atoms with Gasteiger partial charge in [-0.2, -0.15) is 5.10 Å². The molecule has 0 amide bonds. The van der Waals surface area contributed by atoms with Crippen LogP contribution in [0, 0.1) is 0 Å². The Kier molecular flexibility index (Phi) is 4.32. The van der Waals surface area contributed by atoms with Crippen LogP contribution in [0.2, 0.25) is 0 Å². The van der Waals surface area contributed by atoms with Gasteiger partial charge in [0.2, 0.25) is 0 Å². The number of carboxylic acids is 1. The highest BCUT2D eigenvalue weighted by molar-refractivity contribution is 5.94. The highest BCUT2D eigenvalue weighted by Crippen LogP contribution is 2.32. The molecule has 0 radical (unpaired) electrons. The van der Waals surface area contributed by atoms with Gasteiger partial charge in [0.15, 0.2) is 11.5 Å². The number of benzene rings is 1. The number of methoxy groups -OCH3 is 1. The van der Waals surface area contributed by atoms with Crippen molar-refractivity contribution < 1.29 is 19.4 Å². The highest BCUT2D eigenvalue weighted by Gasteiger charge is 2.14. The van der Waals surface area contributed by atoms with Gasteiger partial charge in [-0.15, -0.1) is 0 Å². The van der Waals surface area contributed by atoms with E-state index in [1.54, 1.807) is 10.9 Å². The van der Waals surface area contributed by atoms with Gasteiger partial charge >= 0.3 is 5.97 Å². The molecule has 0 atom stereocenters. The van der Waals surface area contributed by atoms with Crippen molar-refractivity contribution in [2.75, 3.05) is 19.5 Å². The summed E-state index contributed by atoms with van der Waals surface area (Å²) in [5.41, 5.74) is 6.83. The fourth-order valence-corrected chi connectivity index (χ4v) is 1.91. The fraction of sp³-hybridized carbons (Fsp3) is 0.286. The second-order valence-electron chi connectivity index (χ2n) is 4.52. The van der Waals surface area contributed by atoms with E-state index in [0.29, 0.717) is 24.5 Å². The summed E-state index contributed by atoms with van der Waals surface area (Å²) in [6, 6.07) is 2.82. The molecule has 112 valence electrons. The van der Waals surface area contributed by atoms with E-state index in [9.17, 15) is 4.79 Å². The van der Waals surface area contributed by atoms with E-state index in [0.717, 1.165) is 5.56 Å². The summed E-state index contributed by atoms with van der Waals surface area (Å²) in [6.07, 6.45) is 4.31. The van der Waals surface area contributed by atoms with Crippen molar-refractivity contribution in [3.05, 3.63) is 35.7 Å². The van der Waals surface area contributed by atoms with Crippen molar-refractivity contribution >= 4 is 11.7 Å². The third-order valence-electron chi connectivity index (χ3n) is 2.97. The molecular weight excluding hydrogens is 274 g/mol. The average molecular weight is 291 g/mol. The van der Waals surface area contributed by atoms with Crippen LogP contribution in [0.25, 0.3) is 0 Å². The zero-order valence-electron chi connectivity index (χ0n) is 11.9. The van der Waals surface area contributed by atoms with Crippen LogP contribution in [0.3, 0.4) is 0 Å². The number of nitrogen functional groups attached to an aromatic ring is 1. The van der Waals surface area contributed by atoms with Gasteiger partial charge in [0.1, 0.15) is 0 Å². The molecular formula is C14H17N3O4. The summed E-state index contributed by atoms with van der Waals surface area (Å²) < 4.78 is 12.5. The average Bonchev–Trinajstić information content (AvgIpc) is 2.85. The predicted octanol–water partition coefficient (Wildman–Crippen LogP) is 1.33. The zero-order chi connectivity index (χ0) is 15.4. The summed E-state index contributed by atoms with van der Waals surface area (Å²) in [5, 5.41) is 13.1. The van der Waals surface area contributed by atoms with Crippen molar-refractivity contribution in [1.29, 1.82) is 0 Å². The first-order chi connectivity index (χ1) is 10.0. The highest BCUT2D eigenvalue weighted by atomic mass is 16.5. The maximum absolute atomic E-state index is 11.1. The van der Waals surface area contributed by atoms with Gasteiger partial charge in [-0.3, -0.25) is 4.68 Å². The van der Waals surface area contributed by atoms with Gasteiger partial charge in [0, 0.05) is 31.8 Å². The number of hydrogen-bond acceptors (Lipinski definition) is 5. The number of carboxylic acid groups (broad SMARTS) is 1. The molecule has 0 spiro atoms. The quantitative estimate of drug-likeness (QED) is 0.779. The number of aromatic carboxylic acids is 1. The first-order valence-corrected chi connectivity index (χ1v) is 6.32. The molecule has 7 heteroatoms. The van der Waals surface area contributed by atoms with Crippen LogP contribution in [0.1, 0.15) is 15.9 Å². The number of nitrogens with zero attached hydrogens (tertiary/aromatic N) is 2. The maximum atomic E-state index is 11.1. The van der Waals surface area contributed by atoms with Crippen LogP contribution in [0.5, 0.6) is 11.5 Å². The molecule has 0 bridgehead atoms. The van der Waals surface area contributed by atoms with Gasteiger partial charge in [-0.05, 0) is 5.56 Å². The van der Waals surface area contributed by atoms with Gasteiger partial charge in [-0.25, -0.2) is 4.79 Å². The number of carbonyl (C=O) groups is 1. The Morgan fingerprint density at radius 3 is 2.76 bits per heavy atom.